The van der Waals surface area contributed by atoms with Crippen molar-refractivity contribution in [1.29, 1.82) is 0 Å². The quantitative estimate of drug-likeness (QED) is 0.637. The molecule has 1 amide bonds. The van der Waals surface area contributed by atoms with Gasteiger partial charge in [0.15, 0.2) is 0 Å². The number of carbonyl (C=O) groups excluding carboxylic acids is 1. The Kier molecular flexibility index (Phi) is 4.79. The Bertz CT molecular complexity index is 609. The Hall–Kier alpha value is -2.28. The number of hydrogen-bond acceptors (Lipinski definition) is 5. The molecule has 1 aliphatic rings. The molecule has 126 valence electrons. The van der Waals surface area contributed by atoms with Crippen LogP contribution in [0.2, 0.25) is 0 Å². The normalized spacial score (nSPS) is 21.0. The smallest absolute Gasteiger partial charge is 0.412 e. The summed E-state index contributed by atoms with van der Waals surface area (Å²) in [5, 5.41) is 24.8. The highest BCUT2D eigenvalue weighted by Crippen LogP contribution is 2.37. The van der Waals surface area contributed by atoms with Gasteiger partial charge in [-0.3, -0.25) is 10.1 Å². The Morgan fingerprint density at radius 2 is 2.04 bits per heavy atom. The van der Waals surface area contributed by atoms with Gasteiger partial charge in [-0.15, -0.1) is 0 Å². The number of benzene rings is 1. The second-order valence-electron chi connectivity index (χ2n) is 6.60. The van der Waals surface area contributed by atoms with E-state index in [-0.39, 0.29) is 17.5 Å². The molecule has 0 saturated carbocycles. The first-order valence-corrected chi connectivity index (χ1v) is 7.45. The summed E-state index contributed by atoms with van der Waals surface area (Å²) in [5.74, 6) is -1.44. The Labute approximate surface area is 134 Å². The molecule has 0 radical (unpaired) electrons. The number of amides is 1. The first-order chi connectivity index (χ1) is 10.7. The first-order valence-electron chi connectivity index (χ1n) is 7.45. The summed E-state index contributed by atoms with van der Waals surface area (Å²) in [6.07, 6.45) is -0.282. The standard InChI is InChI=1S/C16H22N2O5/c1-16(2,3)23-15(22)18-13-10(5-4-6-12(13)19)11-7-9(8-17-11)14(20)21/h4-6,9,11,17,19H,7-8H2,1-3H3,(H,18,22)(H,20,21). The number of phenols is 1. The van der Waals surface area contributed by atoms with Crippen LogP contribution in [0.25, 0.3) is 0 Å². The number of ether oxygens (including phenoxy) is 1. The van der Waals surface area contributed by atoms with E-state index in [2.05, 4.69) is 10.6 Å². The number of hydrogen-bond donors (Lipinski definition) is 4. The van der Waals surface area contributed by atoms with Gasteiger partial charge in [0.1, 0.15) is 11.4 Å². The molecule has 2 rings (SSSR count). The lowest BCUT2D eigenvalue weighted by Crippen LogP contribution is -2.28. The number of para-hydroxylation sites is 1. The lowest BCUT2D eigenvalue weighted by atomic mass is 9.98. The van der Waals surface area contributed by atoms with Gasteiger partial charge in [-0.1, -0.05) is 12.1 Å². The van der Waals surface area contributed by atoms with Crippen molar-refractivity contribution in [2.24, 2.45) is 5.92 Å². The van der Waals surface area contributed by atoms with Crippen LogP contribution in [0.5, 0.6) is 5.75 Å². The molecule has 1 aliphatic heterocycles. The third-order valence-electron chi connectivity index (χ3n) is 3.56. The minimum Gasteiger partial charge on any atom is -0.506 e. The number of anilines is 1. The highest BCUT2D eigenvalue weighted by Gasteiger charge is 2.32. The number of aromatic hydroxyl groups is 1. The summed E-state index contributed by atoms with van der Waals surface area (Å²) in [4.78, 5) is 23.0. The van der Waals surface area contributed by atoms with Crippen LogP contribution in [0.1, 0.15) is 38.8 Å². The zero-order valence-corrected chi connectivity index (χ0v) is 13.4. The van der Waals surface area contributed by atoms with Gasteiger partial charge in [-0.05, 0) is 38.8 Å². The monoisotopic (exact) mass is 322 g/mol. The van der Waals surface area contributed by atoms with Crippen molar-refractivity contribution in [3.8, 4) is 5.75 Å². The topological polar surface area (TPSA) is 108 Å². The molecule has 1 fully saturated rings. The SMILES string of the molecule is CC(C)(C)OC(=O)Nc1c(O)cccc1C1CC(C(=O)O)CN1. The fourth-order valence-corrected chi connectivity index (χ4v) is 2.55. The Balaban J connectivity index is 2.20. The summed E-state index contributed by atoms with van der Waals surface area (Å²) in [6, 6.07) is 4.60. The van der Waals surface area contributed by atoms with Crippen molar-refractivity contribution in [2.75, 3.05) is 11.9 Å². The van der Waals surface area contributed by atoms with E-state index < -0.39 is 23.6 Å². The molecule has 0 aliphatic carbocycles. The van der Waals surface area contributed by atoms with E-state index in [0.717, 1.165) is 0 Å². The van der Waals surface area contributed by atoms with E-state index in [1.54, 1.807) is 32.9 Å². The lowest BCUT2D eigenvalue weighted by Gasteiger charge is -2.22. The van der Waals surface area contributed by atoms with Gasteiger partial charge < -0.3 is 20.3 Å². The average Bonchev–Trinajstić information content (AvgIpc) is 2.88. The molecule has 7 heteroatoms. The van der Waals surface area contributed by atoms with Crippen LogP contribution in [0.15, 0.2) is 18.2 Å². The van der Waals surface area contributed by atoms with Crippen LogP contribution in [0, 0.1) is 5.92 Å². The molecular weight excluding hydrogens is 300 g/mol. The molecule has 0 spiro atoms. The summed E-state index contributed by atoms with van der Waals surface area (Å²) in [7, 11) is 0. The van der Waals surface area contributed by atoms with Gasteiger partial charge in [0.05, 0.1) is 11.6 Å². The molecule has 4 N–H and O–H groups in total. The van der Waals surface area contributed by atoms with E-state index in [9.17, 15) is 14.7 Å². The molecule has 2 atom stereocenters. The van der Waals surface area contributed by atoms with Crippen molar-refractivity contribution in [1.82, 2.24) is 5.32 Å². The number of carboxylic acid groups (broad SMARTS) is 1. The van der Waals surface area contributed by atoms with E-state index in [0.29, 0.717) is 18.5 Å². The van der Waals surface area contributed by atoms with Crippen LogP contribution in [-0.2, 0) is 9.53 Å². The van der Waals surface area contributed by atoms with E-state index >= 15 is 0 Å². The predicted molar refractivity (Wildman–Crippen MR) is 84.5 cm³/mol. The fraction of sp³-hybridized carbons (Fsp3) is 0.500. The Morgan fingerprint density at radius 1 is 1.35 bits per heavy atom. The lowest BCUT2D eigenvalue weighted by molar-refractivity contribution is -0.141. The molecule has 1 saturated heterocycles. The van der Waals surface area contributed by atoms with Crippen LogP contribution in [-0.4, -0.2) is 34.4 Å². The molecule has 1 aromatic carbocycles. The molecule has 0 bridgehead atoms. The fourth-order valence-electron chi connectivity index (χ4n) is 2.55. The van der Waals surface area contributed by atoms with Gasteiger partial charge in [0.2, 0.25) is 0 Å². The van der Waals surface area contributed by atoms with E-state index in [1.807, 2.05) is 0 Å². The van der Waals surface area contributed by atoms with Crippen molar-refractivity contribution in [3.05, 3.63) is 23.8 Å². The average molecular weight is 322 g/mol. The number of carboxylic acids is 1. The number of nitrogens with one attached hydrogen (secondary N) is 2. The molecule has 1 heterocycles. The first kappa shape index (κ1) is 17.1. The Morgan fingerprint density at radius 3 is 2.61 bits per heavy atom. The molecule has 1 aromatic rings. The van der Waals surface area contributed by atoms with Crippen molar-refractivity contribution < 1.29 is 24.5 Å². The number of aliphatic carboxylic acids is 1. The summed E-state index contributed by atoms with van der Waals surface area (Å²) in [5.41, 5.74) is 0.221. The zero-order chi connectivity index (χ0) is 17.2. The number of carbonyl (C=O) groups is 2. The maximum Gasteiger partial charge on any atom is 0.412 e. The molecule has 0 aromatic heterocycles. The maximum atomic E-state index is 12.0. The van der Waals surface area contributed by atoms with Crippen LogP contribution in [0.3, 0.4) is 0 Å². The van der Waals surface area contributed by atoms with E-state index in [4.69, 9.17) is 9.84 Å². The zero-order valence-electron chi connectivity index (χ0n) is 13.4. The van der Waals surface area contributed by atoms with Gasteiger partial charge in [0, 0.05) is 12.6 Å². The van der Waals surface area contributed by atoms with Crippen molar-refractivity contribution >= 4 is 17.7 Å². The minimum atomic E-state index is -0.859. The molecular formula is C16H22N2O5. The second-order valence-corrected chi connectivity index (χ2v) is 6.60. The van der Waals surface area contributed by atoms with Gasteiger partial charge >= 0.3 is 12.1 Å². The molecule has 23 heavy (non-hydrogen) atoms. The predicted octanol–water partition coefficient (Wildman–Crippen LogP) is 2.47. The van der Waals surface area contributed by atoms with Gasteiger partial charge in [0.25, 0.3) is 0 Å². The summed E-state index contributed by atoms with van der Waals surface area (Å²) in [6.45, 7) is 5.58. The van der Waals surface area contributed by atoms with Crippen LogP contribution >= 0.6 is 0 Å². The van der Waals surface area contributed by atoms with Crippen molar-refractivity contribution in [2.45, 2.75) is 38.8 Å². The molecule has 7 nitrogen and oxygen atoms in total. The highest BCUT2D eigenvalue weighted by atomic mass is 16.6. The van der Waals surface area contributed by atoms with Crippen LogP contribution in [0.4, 0.5) is 10.5 Å². The third-order valence-corrected chi connectivity index (χ3v) is 3.56. The largest absolute Gasteiger partial charge is 0.506 e. The number of rotatable bonds is 3. The van der Waals surface area contributed by atoms with Crippen molar-refractivity contribution in [3.63, 3.8) is 0 Å². The summed E-state index contributed by atoms with van der Waals surface area (Å²) < 4.78 is 5.20. The highest BCUT2D eigenvalue weighted by molar-refractivity contribution is 5.88. The van der Waals surface area contributed by atoms with Crippen LogP contribution < -0.4 is 10.6 Å². The minimum absolute atomic E-state index is 0.0889. The van der Waals surface area contributed by atoms with E-state index in [1.165, 1.54) is 6.07 Å². The van der Waals surface area contributed by atoms with Gasteiger partial charge in [-0.2, -0.15) is 0 Å². The second kappa shape index (κ2) is 6.45. The third kappa shape index (κ3) is 4.35. The maximum absolute atomic E-state index is 12.0. The number of phenolic OH excluding ortho intramolecular Hbond substituents is 1. The van der Waals surface area contributed by atoms with Gasteiger partial charge in [-0.25, -0.2) is 4.79 Å². The molecule has 2 unspecified atom stereocenters. The summed E-state index contributed by atoms with van der Waals surface area (Å²) >= 11 is 0.